The van der Waals surface area contributed by atoms with E-state index in [4.69, 9.17) is 28.5 Å². The van der Waals surface area contributed by atoms with Crippen LogP contribution in [-0.4, -0.2) is 10.9 Å². The van der Waals surface area contributed by atoms with Gasteiger partial charge in [-0.3, -0.25) is 4.79 Å². The van der Waals surface area contributed by atoms with E-state index in [0.29, 0.717) is 26.9 Å². The molecule has 2 aromatic rings. The highest BCUT2D eigenvalue weighted by molar-refractivity contribution is 6.36. The normalized spacial score (nSPS) is 10.8. The molecule has 1 aromatic heterocycles. The molecule has 4 nitrogen and oxygen atoms in total. The topological polar surface area (TPSA) is 58.1 Å². The Hall–Kier alpha value is -2.09. The average molecular weight is 320 g/mol. The molecule has 0 N–H and O–H groups in total. The van der Waals surface area contributed by atoms with Gasteiger partial charge in [0.25, 0.3) is 5.56 Å². The van der Waals surface area contributed by atoms with Crippen molar-refractivity contribution in [2.75, 3.05) is 0 Å². The second-order valence-corrected chi connectivity index (χ2v) is 5.33. The van der Waals surface area contributed by atoms with Gasteiger partial charge in [0.2, 0.25) is 0 Å². The molecule has 2 rings (SSSR count). The summed E-state index contributed by atoms with van der Waals surface area (Å²) in [6, 6.07) is 8.61. The van der Waals surface area contributed by atoms with Crippen molar-refractivity contribution in [3.8, 4) is 6.07 Å². The van der Waals surface area contributed by atoms with E-state index in [0.717, 1.165) is 0 Å². The number of rotatable bonds is 2. The van der Waals surface area contributed by atoms with Gasteiger partial charge < -0.3 is 0 Å². The summed E-state index contributed by atoms with van der Waals surface area (Å²) in [4.78, 5) is 12.2. The van der Waals surface area contributed by atoms with Crippen LogP contribution < -0.4 is 5.56 Å². The van der Waals surface area contributed by atoms with Gasteiger partial charge in [0.15, 0.2) is 0 Å². The summed E-state index contributed by atoms with van der Waals surface area (Å²) in [5, 5.41) is 14.1. The van der Waals surface area contributed by atoms with E-state index in [9.17, 15) is 4.79 Å². The molecule has 0 aliphatic carbocycles. The van der Waals surface area contributed by atoms with E-state index >= 15 is 0 Å². The molecule has 0 aliphatic rings. The van der Waals surface area contributed by atoms with Gasteiger partial charge in [-0.15, -0.1) is 0 Å². The molecule has 1 heterocycles. The fourth-order valence-corrected chi connectivity index (χ4v) is 2.34. The lowest BCUT2D eigenvalue weighted by molar-refractivity contribution is 0.786. The second kappa shape index (κ2) is 6.13. The number of halogens is 2. The first-order valence-corrected chi connectivity index (χ1v) is 6.82. The Labute approximate surface area is 131 Å². The van der Waals surface area contributed by atoms with Crippen LogP contribution in [-0.2, 0) is 0 Å². The third-order valence-corrected chi connectivity index (χ3v) is 3.51. The number of benzene rings is 1. The number of hydrogen-bond donors (Lipinski definition) is 0. The third kappa shape index (κ3) is 3.15. The maximum atomic E-state index is 12.2. The number of aromatic nitrogens is 1. The Balaban J connectivity index is 2.52. The van der Waals surface area contributed by atoms with Gasteiger partial charge >= 0.3 is 0 Å². The number of pyridine rings is 1. The van der Waals surface area contributed by atoms with E-state index < -0.39 is 5.56 Å². The molecule has 21 heavy (non-hydrogen) atoms. The maximum absolute atomic E-state index is 12.2. The summed E-state index contributed by atoms with van der Waals surface area (Å²) >= 11 is 11.9. The molecule has 0 atom stereocenters. The first-order chi connectivity index (χ1) is 9.93. The molecule has 106 valence electrons. The Morgan fingerprint density at radius 1 is 1.29 bits per heavy atom. The van der Waals surface area contributed by atoms with Gasteiger partial charge in [-0.25, -0.2) is 4.68 Å². The standard InChI is InChI=1S/C15H11Cl2N3O/c1-9-5-10(2)20(15(21)13(9)7-18)19-8-11-3-4-12(16)6-14(11)17/h3-6,8H,1-2H3/b19-8-. The number of aryl methyl sites for hydroxylation is 2. The van der Waals surface area contributed by atoms with Crippen LogP contribution in [0.15, 0.2) is 34.2 Å². The summed E-state index contributed by atoms with van der Waals surface area (Å²) in [5.74, 6) is 0. The lowest BCUT2D eigenvalue weighted by Gasteiger charge is -2.06. The highest BCUT2D eigenvalue weighted by Gasteiger charge is 2.09. The van der Waals surface area contributed by atoms with Crippen LogP contribution in [0.2, 0.25) is 10.0 Å². The van der Waals surface area contributed by atoms with Gasteiger partial charge in [0.05, 0.1) is 11.2 Å². The minimum Gasteiger partial charge on any atom is -0.266 e. The van der Waals surface area contributed by atoms with Gasteiger partial charge in [-0.1, -0.05) is 29.3 Å². The van der Waals surface area contributed by atoms with Crippen LogP contribution in [0.25, 0.3) is 0 Å². The molecule has 0 radical (unpaired) electrons. The monoisotopic (exact) mass is 319 g/mol. The summed E-state index contributed by atoms with van der Waals surface area (Å²) in [6.07, 6.45) is 1.46. The summed E-state index contributed by atoms with van der Waals surface area (Å²) in [5.41, 5.74) is 1.54. The maximum Gasteiger partial charge on any atom is 0.289 e. The Morgan fingerprint density at radius 2 is 2.00 bits per heavy atom. The molecule has 0 amide bonds. The number of nitriles is 1. The largest absolute Gasteiger partial charge is 0.289 e. The molecule has 0 unspecified atom stereocenters. The van der Waals surface area contributed by atoms with Crippen molar-refractivity contribution in [3.63, 3.8) is 0 Å². The lowest BCUT2D eigenvalue weighted by Crippen LogP contribution is -2.22. The van der Waals surface area contributed by atoms with E-state index in [1.54, 1.807) is 38.1 Å². The van der Waals surface area contributed by atoms with E-state index in [1.807, 2.05) is 6.07 Å². The third-order valence-electron chi connectivity index (χ3n) is 2.95. The smallest absolute Gasteiger partial charge is 0.266 e. The summed E-state index contributed by atoms with van der Waals surface area (Å²) < 4.78 is 1.18. The first kappa shape index (κ1) is 15.3. The minimum absolute atomic E-state index is 0.0833. The Morgan fingerprint density at radius 3 is 2.62 bits per heavy atom. The van der Waals surface area contributed by atoms with E-state index in [-0.39, 0.29) is 5.56 Å². The van der Waals surface area contributed by atoms with Crippen molar-refractivity contribution in [3.05, 3.63) is 67.0 Å². The Kier molecular flexibility index (Phi) is 4.46. The molecule has 0 bridgehead atoms. The zero-order chi connectivity index (χ0) is 15.6. The van der Waals surface area contributed by atoms with Crippen molar-refractivity contribution in [1.82, 2.24) is 4.68 Å². The SMILES string of the molecule is Cc1cc(C)n(/N=C\c2ccc(Cl)cc2Cl)c(=O)c1C#N. The van der Waals surface area contributed by atoms with Crippen LogP contribution in [0.1, 0.15) is 22.4 Å². The van der Waals surface area contributed by atoms with Gasteiger partial charge in [-0.2, -0.15) is 10.4 Å². The van der Waals surface area contributed by atoms with Crippen LogP contribution in [0.4, 0.5) is 0 Å². The predicted molar refractivity (Wildman–Crippen MR) is 84.3 cm³/mol. The quantitative estimate of drug-likeness (QED) is 0.795. The van der Waals surface area contributed by atoms with Crippen LogP contribution in [0.5, 0.6) is 0 Å². The molecule has 0 spiro atoms. The molecule has 0 aliphatic heterocycles. The second-order valence-electron chi connectivity index (χ2n) is 4.48. The van der Waals surface area contributed by atoms with Crippen molar-refractivity contribution in [2.24, 2.45) is 5.10 Å². The molecule has 0 fully saturated rings. The number of hydrogen-bond acceptors (Lipinski definition) is 3. The zero-order valence-corrected chi connectivity index (χ0v) is 12.9. The molecule has 1 aromatic carbocycles. The predicted octanol–water partition coefficient (Wildman–Crippen LogP) is 3.53. The summed E-state index contributed by atoms with van der Waals surface area (Å²) in [7, 11) is 0. The van der Waals surface area contributed by atoms with Crippen molar-refractivity contribution in [1.29, 1.82) is 5.26 Å². The first-order valence-electron chi connectivity index (χ1n) is 6.07. The van der Waals surface area contributed by atoms with E-state index in [1.165, 1.54) is 10.9 Å². The van der Waals surface area contributed by atoms with Gasteiger partial charge in [-0.05, 0) is 37.6 Å². The van der Waals surface area contributed by atoms with Gasteiger partial charge in [0.1, 0.15) is 11.6 Å². The van der Waals surface area contributed by atoms with Gasteiger partial charge in [0, 0.05) is 16.3 Å². The number of nitrogens with zero attached hydrogens (tertiary/aromatic N) is 3. The molecule has 0 saturated carbocycles. The van der Waals surface area contributed by atoms with Crippen molar-refractivity contribution >= 4 is 29.4 Å². The van der Waals surface area contributed by atoms with Crippen LogP contribution >= 0.6 is 23.2 Å². The van der Waals surface area contributed by atoms with Crippen molar-refractivity contribution < 1.29 is 0 Å². The molecular weight excluding hydrogens is 309 g/mol. The molecule has 0 saturated heterocycles. The lowest BCUT2D eigenvalue weighted by atomic mass is 10.1. The minimum atomic E-state index is -0.448. The van der Waals surface area contributed by atoms with Crippen LogP contribution in [0.3, 0.4) is 0 Å². The van der Waals surface area contributed by atoms with Crippen molar-refractivity contribution in [2.45, 2.75) is 13.8 Å². The fraction of sp³-hybridized carbons (Fsp3) is 0.133. The highest BCUT2D eigenvalue weighted by atomic mass is 35.5. The van der Waals surface area contributed by atoms with E-state index in [2.05, 4.69) is 5.10 Å². The summed E-state index contributed by atoms with van der Waals surface area (Å²) in [6.45, 7) is 3.47. The fourth-order valence-electron chi connectivity index (χ4n) is 1.89. The highest BCUT2D eigenvalue weighted by Crippen LogP contribution is 2.19. The average Bonchev–Trinajstić information content (AvgIpc) is 2.40. The van der Waals surface area contributed by atoms with Crippen LogP contribution in [0, 0.1) is 25.2 Å². The zero-order valence-electron chi connectivity index (χ0n) is 11.4. The molecular formula is C15H11Cl2N3O. The Bertz CT molecular complexity index is 832. The molecule has 6 heteroatoms.